The zero-order chi connectivity index (χ0) is 15.9. The quantitative estimate of drug-likeness (QED) is 0.194. The molecule has 8 bridgehead atoms. The topological polar surface area (TPSA) is 57.4 Å². The standard InChI is InChI=1S/C20H14N4.Eu.P.Zn/c1-2-14-10-16-5-6-18(23-16)12-20-8-7-19(24-20)11-17-4-3-15(22-17)9-13(1)21-14;;;/h1-12,21,24H;;;. The maximum atomic E-state index is 4.63. The van der Waals surface area contributed by atoms with Crippen molar-refractivity contribution in [1.82, 2.24) is 19.9 Å². The number of fused-ring (bicyclic) bond motifs is 8. The van der Waals surface area contributed by atoms with Crippen molar-refractivity contribution in [2.45, 2.75) is 0 Å². The van der Waals surface area contributed by atoms with Crippen LogP contribution in [0.3, 0.4) is 0 Å². The minimum atomic E-state index is 0. The number of nitrogens with zero attached hydrogens (tertiary/aromatic N) is 2. The second-order valence-electron chi connectivity index (χ2n) is 5.91. The third kappa shape index (κ3) is 5.19. The first-order valence-electron chi connectivity index (χ1n) is 7.85. The van der Waals surface area contributed by atoms with Crippen molar-refractivity contribution in [2.75, 3.05) is 0 Å². The Bertz CT molecular complexity index is 1000. The summed E-state index contributed by atoms with van der Waals surface area (Å²) in [5.41, 5.74) is 7.86. The summed E-state index contributed by atoms with van der Waals surface area (Å²) >= 11 is 0. The van der Waals surface area contributed by atoms with Gasteiger partial charge in [0.15, 0.2) is 0 Å². The zero-order valence-corrected chi connectivity index (χ0v) is 20.6. The van der Waals surface area contributed by atoms with E-state index in [2.05, 4.69) is 44.2 Å². The summed E-state index contributed by atoms with van der Waals surface area (Å²) in [5.74, 6) is 0. The van der Waals surface area contributed by atoms with Gasteiger partial charge >= 0.3 is 0 Å². The van der Waals surface area contributed by atoms with Crippen LogP contribution in [0.4, 0.5) is 0 Å². The fraction of sp³-hybridized carbons (Fsp3) is 0. The molecule has 128 valence electrons. The van der Waals surface area contributed by atoms with E-state index in [9.17, 15) is 0 Å². The first-order valence-corrected chi connectivity index (χ1v) is 7.85. The first-order chi connectivity index (χ1) is 11.8. The van der Waals surface area contributed by atoms with Crippen LogP contribution in [0.1, 0.15) is 22.8 Å². The molecule has 7 heteroatoms. The van der Waals surface area contributed by atoms with E-state index in [1.165, 1.54) is 0 Å². The largest absolute Gasteiger partial charge is 0.355 e. The average Bonchev–Trinajstić information content (AvgIpc) is 3.32. The van der Waals surface area contributed by atoms with Crippen molar-refractivity contribution in [2.24, 2.45) is 0 Å². The van der Waals surface area contributed by atoms with Crippen LogP contribution in [0.25, 0.3) is 46.4 Å². The molecule has 5 rings (SSSR count). The smallest absolute Gasteiger partial charge is 0.0658 e. The zero-order valence-electron chi connectivity index (χ0n) is 14.4. The van der Waals surface area contributed by atoms with Crippen LogP contribution in [0.15, 0.2) is 48.5 Å². The fourth-order valence-electron chi connectivity index (χ4n) is 2.94. The summed E-state index contributed by atoms with van der Waals surface area (Å²) in [4.78, 5) is 16.0. The minimum absolute atomic E-state index is 0. The predicted octanol–water partition coefficient (Wildman–Crippen LogP) is 5.51. The molecule has 27 heavy (non-hydrogen) atoms. The molecule has 0 aromatic carbocycles. The Morgan fingerprint density at radius 1 is 0.519 bits per heavy atom. The normalized spacial score (nSPS) is 11.3. The van der Waals surface area contributed by atoms with E-state index in [1.54, 1.807) is 0 Å². The van der Waals surface area contributed by atoms with E-state index in [4.69, 9.17) is 0 Å². The van der Waals surface area contributed by atoms with Crippen LogP contribution in [-0.4, -0.2) is 19.9 Å². The molecule has 0 fully saturated rings. The third-order valence-corrected chi connectivity index (χ3v) is 4.04. The predicted molar refractivity (Wildman–Crippen MR) is 106 cm³/mol. The maximum absolute atomic E-state index is 4.63. The Hall–Kier alpha value is -0.762. The molecular weight excluding hydrogens is 545 g/mol. The Labute approximate surface area is 213 Å². The molecule has 2 aliphatic heterocycles. The molecule has 5 heterocycles. The van der Waals surface area contributed by atoms with Gasteiger partial charge in [-0.05, 0) is 72.8 Å². The Balaban J connectivity index is 0.000000871. The molecule has 0 spiro atoms. The number of hydrogen-bond acceptors (Lipinski definition) is 2. The van der Waals surface area contributed by atoms with Crippen LogP contribution in [-0.2, 0) is 19.5 Å². The number of aromatic nitrogens is 4. The van der Waals surface area contributed by atoms with E-state index >= 15 is 0 Å². The van der Waals surface area contributed by atoms with E-state index in [1.807, 2.05) is 48.6 Å². The van der Waals surface area contributed by atoms with Gasteiger partial charge in [0, 0.05) is 101 Å². The summed E-state index contributed by atoms with van der Waals surface area (Å²) in [6.45, 7) is 0. The van der Waals surface area contributed by atoms with Crippen LogP contribution in [0.5, 0.6) is 0 Å². The van der Waals surface area contributed by atoms with E-state index in [-0.39, 0.29) is 78.8 Å². The molecule has 0 saturated heterocycles. The Morgan fingerprint density at radius 3 is 1.04 bits per heavy atom. The van der Waals surface area contributed by atoms with Crippen LogP contribution in [0.2, 0.25) is 0 Å². The number of nitrogens with one attached hydrogen (secondary N) is 2. The van der Waals surface area contributed by atoms with Crippen LogP contribution < -0.4 is 0 Å². The number of rotatable bonds is 0. The van der Waals surface area contributed by atoms with Crippen molar-refractivity contribution >= 4 is 56.3 Å². The van der Waals surface area contributed by atoms with E-state index < -0.39 is 0 Å². The fourth-order valence-corrected chi connectivity index (χ4v) is 2.94. The van der Waals surface area contributed by atoms with Crippen molar-refractivity contribution in [3.63, 3.8) is 0 Å². The SMILES string of the molecule is C1=Cc2cc3ccc(cc4nc(cc5ccc(cc1n2)[nH]5)C=C4)[nH]3.[Eu].[P].[Zn]. The van der Waals surface area contributed by atoms with Crippen molar-refractivity contribution < 1.29 is 68.9 Å². The first kappa shape index (κ1) is 22.5. The van der Waals surface area contributed by atoms with Crippen LogP contribution in [0, 0.1) is 49.4 Å². The van der Waals surface area contributed by atoms with Crippen molar-refractivity contribution in [3.8, 4) is 0 Å². The molecule has 2 N–H and O–H groups in total. The van der Waals surface area contributed by atoms with Gasteiger partial charge in [-0.25, -0.2) is 9.97 Å². The molecule has 3 aromatic heterocycles. The van der Waals surface area contributed by atoms with Gasteiger partial charge in [0.1, 0.15) is 0 Å². The summed E-state index contributed by atoms with van der Waals surface area (Å²) in [6, 6.07) is 16.4. The van der Waals surface area contributed by atoms with Gasteiger partial charge in [-0.15, -0.1) is 0 Å². The van der Waals surface area contributed by atoms with Gasteiger partial charge in [0.05, 0.1) is 22.8 Å². The summed E-state index contributed by atoms with van der Waals surface area (Å²) in [5, 5.41) is 0. The molecule has 0 aliphatic carbocycles. The Kier molecular flexibility index (Phi) is 8.03. The van der Waals surface area contributed by atoms with Crippen molar-refractivity contribution in [3.05, 3.63) is 71.3 Å². The molecule has 4 nitrogen and oxygen atoms in total. The summed E-state index contributed by atoms with van der Waals surface area (Å²) in [7, 11) is 0. The van der Waals surface area contributed by atoms with E-state index in [0.717, 1.165) is 44.8 Å². The van der Waals surface area contributed by atoms with Crippen molar-refractivity contribution in [1.29, 1.82) is 0 Å². The van der Waals surface area contributed by atoms with Gasteiger partial charge in [-0.3, -0.25) is 0 Å². The second kappa shape index (κ2) is 9.63. The number of H-pyrrole nitrogens is 2. The summed E-state index contributed by atoms with van der Waals surface area (Å²) in [6.07, 6.45) is 8.09. The van der Waals surface area contributed by atoms with Crippen LogP contribution >= 0.6 is 9.90 Å². The minimum Gasteiger partial charge on any atom is -0.355 e. The van der Waals surface area contributed by atoms with Gasteiger partial charge in [-0.1, -0.05) is 0 Å². The third-order valence-electron chi connectivity index (χ3n) is 4.04. The molecule has 0 amide bonds. The number of aromatic amines is 2. The monoisotopic (exact) mass is 558 g/mol. The van der Waals surface area contributed by atoms with Gasteiger partial charge in [0.2, 0.25) is 0 Å². The number of hydrogen-bond donors (Lipinski definition) is 2. The summed E-state index contributed by atoms with van der Waals surface area (Å²) < 4.78 is 0. The van der Waals surface area contributed by atoms with Gasteiger partial charge in [0.25, 0.3) is 0 Å². The Morgan fingerprint density at radius 2 is 0.778 bits per heavy atom. The average molecular weight is 559 g/mol. The van der Waals surface area contributed by atoms with Gasteiger partial charge in [-0.2, -0.15) is 0 Å². The molecular formula is C20H14EuN4PZn. The molecule has 0 saturated carbocycles. The molecule has 3 aromatic rings. The maximum Gasteiger partial charge on any atom is 0.0658 e. The second-order valence-corrected chi connectivity index (χ2v) is 5.91. The molecule has 2 aliphatic rings. The van der Waals surface area contributed by atoms with Gasteiger partial charge < -0.3 is 9.97 Å². The molecule has 4 radical (unpaired) electrons. The molecule has 0 unspecified atom stereocenters. The molecule has 0 atom stereocenters. The van der Waals surface area contributed by atoms with E-state index in [0.29, 0.717) is 0 Å².